The Bertz CT molecular complexity index is 982. The average Bonchev–Trinajstić information content (AvgIpc) is 3.23. The average molecular weight is 877 g/mol. The topological polar surface area (TPSA) is 76.1 Å². The predicted molar refractivity (Wildman–Crippen MR) is 267 cm³/mol. The summed E-state index contributed by atoms with van der Waals surface area (Å²) in [6.45, 7) is 14.6. The fourth-order valence-electron chi connectivity index (χ4n) is 8.62. The fourth-order valence-corrected chi connectivity index (χ4v) is 8.62. The molecule has 0 spiro atoms. The standard InChI is InChI=1S/C55H108N2O5/c1-8-11-14-17-20-23-27-34-43-53(59)61-50-46-55(4,5)45-36-39-49-57(52(58)42-33-30-37-47-56(6)7)48-38-29-24-28-35-44-54(60)62-51(40-31-25-21-18-15-12-9-2)41-32-26-22-19-16-13-10-3/h51H,8-50H2,1-7H3. The van der Waals surface area contributed by atoms with Gasteiger partial charge in [0, 0.05) is 32.4 Å². The minimum absolute atomic E-state index is 0.00141. The number of rotatable bonds is 48. The molecule has 0 unspecified atom stereocenters. The minimum atomic E-state index is -0.0445. The molecule has 1 amide bonds. The zero-order valence-electron chi connectivity index (χ0n) is 42.9. The summed E-state index contributed by atoms with van der Waals surface area (Å²) in [7, 11) is 4.22. The lowest BCUT2D eigenvalue weighted by atomic mass is 9.84. The molecule has 0 N–H and O–H groups in total. The smallest absolute Gasteiger partial charge is 0.306 e. The van der Waals surface area contributed by atoms with Crippen molar-refractivity contribution >= 4 is 17.8 Å². The Morgan fingerprint density at radius 2 is 0.823 bits per heavy atom. The maximum atomic E-state index is 13.4. The summed E-state index contributed by atoms with van der Waals surface area (Å²) in [6.07, 6.45) is 44.2. The van der Waals surface area contributed by atoms with Crippen LogP contribution in [0, 0.1) is 5.41 Å². The van der Waals surface area contributed by atoms with Crippen molar-refractivity contribution in [1.29, 1.82) is 0 Å². The van der Waals surface area contributed by atoms with Gasteiger partial charge >= 0.3 is 11.9 Å². The molecule has 0 heterocycles. The van der Waals surface area contributed by atoms with Gasteiger partial charge in [0.1, 0.15) is 6.10 Å². The van der Waals surface area contributed by atoms with E-state index in [0.717, 1.165) is 122 Å². The highest BCUT2D eigenvalue weighted by atomic mass is 16.5. The molecule has 0 aromatic rings. The first-order valence-corrected chi connectivity index (χ1v) is 27.3. The van der Waals surface area contributed by atoms with Crippen LogP contribution in [0.3, 0.4) is 0 Å². The first kappa shape index (κ1) is 60.4. The highest BCUT2D eigenvalue weighted by molar-refractivity contribution is 5.76. The van der Waals surface area contributed by atoms with E-state index in [-0.39, 0.29) is 23.5 Å². The number of unbranched alkanes of at least 4 members (excludes halogenated alkanes) is 26. The van der Waals surface area contributed by atoms with Gasteiger partial charge in [-0.2, -0.15) is 0 Å². The maximum absolute atomic E-state index is 13.4. The van der Waals surface area contributed by atoms with E-state index in [4.69, 9.17) is 9.47 Å². The summed E-state index contributed by atoms with van der Waals surface area (Å²) in [6, 6.07) is 0. The van der Waals surface area contributed by atoms with Gasteiger partial charge in [0.2, 0.25) is 5.91 Å². The highest BCUT2D eigenvalue weighted by Gasteiger charge is 2.20. The van der Waals surface area contributed by atoms with Crippen LogP contribution in [0.2, 0.25) is 0 Å². The third-order valence-corrected chi connectivity index (χ3v) is 13.0. The van der Waals surface area contributed by atoms with E-state index in [1.165, 1.54) is 128 Å². The second-order valence-electron chi connectivity index (χ2n) is 20.3. The summed E-state index contributed by atoms with van der Waals surface area (Å²) in [5.41, 5.74) is 0.106. The number of amides is 1. The number of hydrogen-bond donors (Lipinski definition) is 0. The molecule has 0 bridgehead atoms. The van der Waals surface area contributed by atoms with Crippen LogP contribution >= 0.6 is 0 Å². The Balaban J connectivity index is 4.64. The van der Waals surface area contributed by atoms with Gasteiger partial charge in [-0.25, -0.2) is 0 Å². The maximum Gasteiger partial charge on any atom is 0.306 e. The van der Waals surface area contributed by atoms with E-state index in [1.807, 2.05) is 0 Å². The predicted octanol–water partition coefficient (Wildman–Crippen LogP) is 16.1. The number of ether oxygens (including phenoxy) is 2. The van der Waals surface area contributed by atoms with Crippen molar-refractivity contribution in [3.05, 3.63) is 0 Å². The molecule has 0 atom stereocenters. The molecule has 62 heavy (non-hydrogen) atoms. The lowest BCUT2D eigenvalue weighted by Gasteiger charge is -2.26. The van der Waals surface area contributed by atoms with Crippen molar-refractivity contribution in [2.75, 3.05) is 40.3 Å². The van der Waals surface area contributed by atoms with Gasteiger partial charge in [-0.15, -0.1) is 0 Å². The molecule has 0 aromatic heterocycles. The van der Waals surface area contributed by atoms with Crippen LogP contribution in [-0.4, -0.2) is 74.1 Å². The van der Waals surface area contributed by atoms with Gasteiger partial charge < -0.3 is 19.3 Å². The summed E-state index contributed by atoms with van der Waals surface area (Å²) in [4.78, 5) is 43.0. The SMILES string of the molecule is CCCCCCCCCCC(=O)OCCC(C)(C)CCCCN(CCCCCCCC(=O)OC(CCCCCCCCC)CCCCCCCCC)C(=O)CCCCCN(C)C. The largest absolute Gasteiger partial charge is 0.466 e. The lowest BCUT2D eigenvalue weighted by Crippen LogP contribution is -2.33. The molecular formula is C55H108N2O5. The molecule has 368 valence electrons. The van der Waals surface area contributed by atoms with E-state index >= 15 is 0 Å². The Labute approximate surface area is 387 Å². The van der Waals surface area contributed by atoms with E-state index in [9.17, 15) is 14.4 Å². The van der Waals surface area contributed by atoms with Crippen molar-refractivity contribution in [3.8, 4) is 0 Å². The van der Waals surface area contributed by atoms with E-state index in [2.05, 4.69) is 58.5 Å². The Hall–Kier alpha value is -1.63. The third-order valence-electron chi connectivity index (χ3n) is 13.0. The zero-order chi connectivity index (χ0) is 45.8. The van der Waals surface area contributed by atoms with Gasteiger partial charge in [-0.1, -0.05) is 189 Å². The van der Waals surface area contributed by atoms with Gasteiger partial charge in [0.05, 0.1) is 6.61 Å². The van der Waals surface area contributed by atoms with Crippen LogP contribution < -0.4 is 0 Å². The van der Waals surface area contributed by atoms with Gasteiger partial charge in [-0.3, -0.25) is 14.4 Å². The van der Waals surface area contributed by atoms with Gasteiger partial charge in [0.25, 0.3) is 0 Å². The quantitative estimate of drug-likeness (QED) is 0.0448. The third kappa shape index (κ3) is 42.3. The van der Waals surface area contributed by atoms with Crippen molar-refractivity contribution < 1.29 is 23.9 Å². The normalized spacial score (nSPS) is 11.8. The van der Waals surface area contributed by atoms with Crippen molar-refractivity contribution in [3.63, 3.8) is 0 Å². The van der Waals surface area contributed by atoms with E-state index in [1.54, 1.807) is 0 Å². The zero-order valence-corrected chi connectivity index (χ0v) is 42.9. The second kappa shape index (κ2) is 44.6. The van der Waals surface area contributed by atoms with Crippen LogP contribution in [0.15, 0.2) is 0 Å². The Morgan fingerprint density at radius 3 is 1.32 bits per heavy atom. The van der Waals surface area contributed by atoms with Gasteiger partial charge in [0.15, 0.2) is 0 Å². The fraction of sp³-hybridized carbons (Fsp3) is 0.945. The summed E-state index contributed by atoms with van der Waals surface area (Å²) >= 11 is 0. The number of nitrogens with zero attached hydrogens (tertiary/aromatic N) is 2. The van der Waals surface area contributed by atoms with Crippen molar-refractivity contribution in [2.24, 2.45) is 5.41 Å². The molecule has 0 aliphatic carbocycles. The molecule has 0 aliphatic rings. The monoisotopic (exact) mass is 877 g/mol. The molecule has 0 radical (unpaired) electrons. The molecule has 0 saturated heterocycles. The Kier molecular flexibility index (Phi) is 43.4. The molecule has 0 aromatic carbocycles. The molecule has 0 rings (SSSR count). The van der Waals surface area contributed by atoms with E-state index < -0.39 is 0 Å². The van der Waals surface area contributed by atoms with Crippen LogP contribution in [0.4, 0.5) is 0 Å². The van der Waals surface area contributed by atoms with E-state index in [0.29, 0.717) is 31.8 Å². The van der Waals surface area contributed by atoms with Crippen LogP contribution in [0.25, 0.3) is 0 Å². The lowest BCUT2D eigenvalue weighted by molar-refractivity contribution is -0.150. The van der Waals surface area contributed by atoms with Crippen LogP contribution in [-0.2, 0) is 23.9 Å². The molecule has 7 nitrogen and oxygen atoms in total. The number of esters is 2. The second-order valence-corrected chi connectivity index (χ2v) is 20.3. The Morgan fingerprint density at radius 1 is 0.435 bits per heavy atom. The molecule has 0 fully saturated rings. The van der Waals surface area contributed by atoms with Crippen LogP contribution in [0.1, 0.15) is 285 Å². The molecule has 0 aliphatic heterocycles. The molecule has 0 saturated carbocycles. The summed E-state index contributed by atoms with van der Waals surface area (Å²) < 4.78 is 11.7. The number of carbonyl (C=O) groups excluding carboxylic acids is 3. The molecular weight excluding hydrogens is 769 g/mol. The van der Waals surface area contributed by atoms with Crippen molar-refractivity contribution in [2.45, 2.75) is 291 Å². The summed E-state index contributed by atoms with van der Waals surface area (Å²) in [5.74, 6) is 0.265. The molecule has 7 heteroatoms. The summed E-state index contributed by atoms with van der Waals surface area (Å²) in [5, 5.41) is 0. The first-order chi connectivity index (χ1) is 30.0. The minimum Gasteiger partial charge on any atom is -0.466 e. The van der Waals surface area contributed by atoms with Crippen molar-refractivity contribution in [1.82, 2.24) is 9.80 Å². The first-order valence-electron chi connectivity index (χ1n) is 27.3. The number of hydrogen-bond acceptors (Lipinski definition) is 6. The van der Waals surface area contributed by atoms with Gasteiger partial charge in [-0.05, 0) is 103 Å². The number of carbonyl (C=O) groups is 3. The van der Waals surface area contributed by atoms with Crippen LogP contribution in [0.5, 0.6) is 0 Å². The highest BCUT2D eigenvalue weighted by Crippen LogP contribution is 2.28.